The van der Waals surface area contributed by atoms with Gasteiger partial charge in [-0.05, 0) is 25.7 Å². The molecule has 0 aliphatic carbocycles. The number of imide groups is 1. The molecule has 1 aliphatic heterocycles. The van der Waals surface area contributed by atoms with Gasteiger partial charge in [0.05, 0.1) is 0 Å². The maximum absolute atomic E-state index is 12.3. The van der Waals surface area contributed by atoms with E-state index in [0.29, 0.717) is 13.0 Å². The van der Waals surface area contributed by atoms with Crippen LogP contribution in [-0.2, 0) is 9.59 Å². The van der Waals surface area contributed by atoms with Crippen LogP contribution in [0.3, 0.4) is 0 Å². The molecule has 3 heteroatoms. The van der Waals surface area contributed by atoms with Gasteiger partial charge in [-0.3, -0.25) is 14.5 Å². The Kier molecular flexibility index (Phi) is 6.23. The van der Waals surface area contributed by atoms with Crippen LogP contribution < -0.4 is 0 Å². The van der Waals surface area contributed by atoms with Gasteiger partial charge in [-0.15, -0.1) is 0 Å². The molecule has 3 nitrogen and oxygen atoms in total. The second kappa shape index (κ2) is 7.46. The Morgan fingerprint density at radius 1 is 1.29 bits per heavy atom. The third kappa shape index (κ3) is 4.14. The molecule has 1 aliphatic rings. The molecule has 0 saturated carbocycles. The van der Waals surface area contributed by atoms with Crippen LogP contribution in [0.25, 0.3) is 0 Å². The molecule has 0 radical (unpaired) electrons. The molecule has 1 saturated heterocycles. The summed E-state index contributed by atoms with van der Waals surface area (Å²) in [5, 5.41) is 0. The molecule has 1 unspecified atom stereocenters. The molecule has 0 aromatic carbocycles. The topological polar surface area (TPSA) is 37.4 Å². The van der Waals surface area contributed by atoms with Crippen LogP contribution in [0.4, 0.5) is 0 Å². The summed E-state index contributed by atoms with van der Waals surface area (Å²) >= 11 is 0. The number of unbranched alkanes of at least 4 members (excludes halogenated alkanes) is 1. The summed E-state index contributed by atoms with van der Waals surface area (Å²) in [5.41, 5.74) is 0. The number of hydrogen-bond donors (Lipinski definition) is 0. The quantitative estimate of drug-likeness (QED) is 0.739. The highest BCUT2D eigenvalue weighted by molar-refractivity contribution is 5.96. The predicted octanol–water partition coefficient (Wildman–Crippen LogP) is 3.13. The smallest absolute Gasteiger partial charge is 0.232 e. The molecule has 2 amide bonds. The highest BCUT2D eigenvalue weighted by atomic mass is 16.2. The van der Waals surface area contributed by atoms with Crippen LogP contribution in [0, 0.1) is 5.92 Å². The molecule has 0 aromatic rings. The van der Waals surface area contributed by atoms with Gasteiger partial charge in [-0.1, -0.05) is 33.1 Å². The molecule has 1 atom stereocenters. The van der Waals surface area contributed by atoms with Gasteiger partial charge in [0.1, 0.15) is 0 Å². The fraction of sp³-hybridized carbons (Fsp3) is 0.857. The van der Waals surface area contributed by atoms with Gasteiger partial charge in [-0.2, -0.15) is 0 Å². The summed E-state index contributed by atoms with van der Waals surface area (Å²) in [6.07, 6.45) is 7.50. The van der Waals surface area contributed by atoms with Crippen LogP contribution in [0.5, 0.6) is 0 Å². The van der Waals surface area contributed by atoms with Gasteiger partial charge >= 0.3 is 0 Å². The number of hydrogen-bond acceptors (Lipinski definition) is 2. The molecular formula is C14H25NO2. The molecule has 17 heavy (non-hydrogen) atoms. The normalized spacial score (nSPS) is 18.9. The van der Waals surface area contributed by atoms with Crippen molar-refractivity contribution >= 4 is 11.8 Å². The van der Waals surface area contributed by atoms with Crippen LogP contribution in [0.15, 0.2) is 0 Å². The van der Waals surface area contributed by atoms with Crippen molar-refractivity contribution in [2.24, 2.45) is 5.92 Å². The Morgan fingerprint density at radius 3 is 2.71 bits per heavy atom. The predicted molar refractivity (Wildman–Crippen MR) is 68.5 cm³/mol. The largest absolute Gasteiger partial charge is 0.282 e. The van der Waals surface area contributed by atoms with Gasteiger partial charge in [-0.25, -0.2) is 0 Å². The summed E-state index contributed by atoms with van der Waals surface area (Å²) in [6, 6.07) is 0. The minimum atomic E-state index is 0.0439. The van der Waals surface area contributed by atoms with Crippen molar-refractivity contribution in [3.8, 4) is 0 Å². The SMILES string of the molecule is CCCCC(CC)C(=O)N1CCCCCC1=O. The zero-order valence-electron chi connectivity index (χ0n) is 11.2. The fourth-order valence-electron chi connectivity index (χ4n) is 2.39. The van der Waals surface area contributed by atoms with E-state index in [-0.39, 0.29) is 17.7 Å². The van der Waals surface area contributed by atoms with E-state index in [0.717, 1.165) is 44.9 Å². The number of likely N-dealkylation sites (tertiary alicyclic amines) is 1. The van der Waals surface area contributed by atoms with Crippen LogP contribution in [-0.4, -0.2) is 23.3 Å². The summed E-state index contributed by atoms with van der Waals surface area (Å²) in [6.45, 7) is 4.81. The van der Waals surface area contributed by atoms with Crippen molar-refractivity contribution in [1.29, 1.82) is 0 Å². The standard InChI is InChI=1S/C14H25NO2/c1-3-5-9-12(4-2)14(17)15-11-8-6-7-10-13(15)16/h12H,3-11H2,1-2H3. The highest BCUT2D eigenvalue weighted by Gasteiger charge is 2.27. The van der Waals surface area contributed by atoms with E-state index in [2.05, 4.69) is 6.92 Å². The summed E-state index contributed by atoms with van der Waals surface area (Å²) in [5.74, 6) is 0.173. The highest BCUT2D eigenvalue weighted by Crippen LogP contribution is 2.19. The molecule has 0 aromatic heterocycles. The molecule has 1 rings (SSSR count). The number of carbonyl (C=O) groups is 2. The average molecular weight is 239 g/mol. The first-order valence-electron chi connectivity index (χ1n) is 7.04. The zero-order valence-corrected chi connectivity index (χ0v) is 11.2. The second-order valence-electron chi connectivity index (χ2n) is 4.94. The number of rotatable bonds is 5. The van der Waals surface area contributed by atoms with Crippen molar-refractivity contribution < 1.29 is 9.59 Å². The van der Waals surface area contributed by atoms with Crippen LogP contribution in [0.2, 0.25) is 0 Å². The maximum Gasteiger partial charge on any atom is 0.232 e. The Morgan fingerprint density at radius 2 is 2.06 bits per heavy atom. The zero-order chi connectivity index (χ0) is 12.7. The van der Waals surface area contributed by atoms with Crippen molar-refractivity contribution in [1.82, 2.24) is 4.90 Å². The fourth-order valence-corrected chi connectivity index (χ4v) is 2.39. The first kappa shape index (κ1) is 14.2. The number of amides is 2. The van der Waals surface area contributed by atoms with E-state index < -0.39 is 0 Å². The Bertz CT molecular complexity index is 263. The van der Waals surface area contributed by atoms with E-state index >= 15 is 0 Å². The van der Waals surface area contributed by atoms with E-state index in [9.17, 15) is 9.59 Å². The van der Waals surface area contributed by atoms with Gasteiger partial charge in [0.25, 0.3) is 0 Å². The lowest BCUT2D eigenvalue weighted by atomic mass is 9.97. The van der Waals surface area contributed by atoms with Gasteiger partial charge in [0, 0.05) is 18.9 Å². The minimum Gasteiger partial charge on any atom is -0.282 e. The maximum atomic E-state index is 12.3. The van der Waals surface area contributed by atoms with Crippen LogP contribution in [0.1, 0.15) is 65.2 Å². The monoisotopic (exact) mass is 239 g/mol. The van der Waals surface area contributed by atoms with Gasteiger partial charge < -0.3 is 0 Å². The average Bonchev–Trinajstić information content (AvgIpc) is 2.54. The van der Waals surface area contributed by atoms with E-state index in [1.807, 2.05) is 6.92 Å². The molecular weight excluding hydrogens is 214 g/mol. The van der Waals surface area contributed by atoms with E-state index in [1.165, 1.54) is 4.90 Å². The lowest BCUT2D eigenvalue weighted by Gasteiger charge is -2.23. The molecule has 98 valence electrons. The third-order valence-corrected chi connectivity index (χ3v) is 3.59. The number of carbonyl (C=O) groups excluding carboxylic acids is 2. The first-order chi connectivity index (χ1) is 8.20. The summed E-state index contributed by atoms with van der Waals surface area (Å²) in [7, 11) is 0. The van der Waals surface area contributed by atoms with Crippen molar-refractivity contribution in [3.05, 3.63) is 0 Å². The number of nitrogens with zero attached hydrogens (tertiary/aromatic N) is 1. The van der Waals surface area contributed by atoms with Gasteiger partial charge in [0.2, 0.25) is 11.8 Å². The summed E-state index contributed by atoms with van der Waals surface area (Å²) in [4.78, 5) is 25.7. The van der Waals surface area contributed by atoms with Crippen molar-refractivity contribution in [2.45, 2.75) is 65.2 Å². The molecule has 0 bridgehead atoms. The lowest BCUT2D eigenvalue weighted by molar-refractivity contribution is -0.147. The van der Waals surface area contributed by atoms with E-state index in [4.69, 9.17) is 0 Å². The molecule has 1 fully saturated rings. The van der Waals surface area contributed by atoms with Crippen molar-refractivity contribution in [2.75, 3.05) is 6.54 Å². The van der Waals surface area contributed by atoms with Gasteiger partial charge in [0.15, 0.2) is 0 Å². The first-order valence-corrected chi connectivity index (χ1v) is 7.04. The van der Waals surface area contributed by atoms with E-state index in [1.54, 1.807) is 0 Å². The Hall–Kier alpha value is -0.860. The Labute approximate surface area is 105 Å². The second-order valence-corrected chi connectivity index (χ2v) is 4.94. The lowest BCUT2D eigenvalue weighted by Crippen LogP contribution is -2.40. The summed E-state index contributed by atoms with van der Waals surface area (Å²) < 4.78 is 0. The molecule has 0 spiro atoms. The Balaban J connectivity index is 2.60. The van der Waals surface area contributed by atoms with Crippen molar-refractivity contribution in [3.63, 3.8) is 0 Å². The molecule has 1 heterocycles. The van der Waals surface area contributed by atoms with Crippen LogP contribution >= 0.6 is 0 Å². The third-order valence-electron chi connectivity index (χ3n) is 3.59. The minimum absolute atomic E-state index is 0.0439. The molecule has 0 N–H and O–H groups in total.